The van der Waals surface area contributed by atoms with Gasteiger partial charge in [-0.1, -0.05) is 12.1 Å². The maximum Gasteiger partial charge on any atom is 0.252 e. The van der Waals surface area contributed by atoms with E-state index in [9.17, 15) is 9.18 Å². The zero-order chi connectivity index (χ0) is 15.2. The number of para-hydroxylation sites is 1. The fourth-order valence-corrected chi connectivity index (χ4v) is 2.77. The van der Waals surface area contributed by atoms with Crippen molar-refractivity contribution in [1.82, 2.24) is 4.98 Å². The quantitative estimate of drug-likeness (QED) is 0.873. The molecule has 1 N–H and O–H groups in total. The second-order valence-electron chi connectivity index (χ2n) is 5.20. The summed E-state index contributed by atoms with van der Waals surface area (Å²) in [5, 5.41) is 9.02. The lowest BCUT2D eigenvalue weighted by Crippen LogP contribution is -2.35. The van der Waals surface area contributed by atoms with E-state index in [1.807, 2.05) is 13.0 Å². The summed E-state index contributed by atoms with van der Waals surface area (Å²) in [6.07, 6.45) is 1.36. The lowest BCUT2D eigenvalue weighted by atomic mass is 9.74. The van der Waals surface area contributed by atoms with Gasteiger partial charge in [0.05, 0.1) is 11.0 Å². The minimum Gasteiger partial charge on any atom is -0.328 e. The smallest absolute Gasteiger partial charge is 0.252 e. The normalized spacial score (nSPS) is 19.8. The third-order valence-electron chi connectivity index (χ3n) is 4.10. The number of fused-ring (bicyclic) bond motifs is 1. The highest BCUT2D eigenvalue weighted by molar-refractivity contribution is 6.02. The van der Waals surface area contributed by atoms with Crippen molar-refractivity contribution in [2.24, 2.45) is 4.99 Å². The molecule has 3 rings (SSSR count). The summed E-state index contributed by atoms with van der Waals surface area (Å²) in [5.41, 5.74) is 1.14. The molecular weight excluding hydrogens is 269 g/mol. The Kier molecular flexibility index (Phi) is 2.77. The number of pyridine rings is 1. The predicted molar refractivity (Wildman–Crippen MR) is 77.4 cm³/mol. The van der Waals surface area contributed by atoms with Crippen molar-refractivity contribution in [2.75, 3.05) is 0 Å². The van der Waals surface area contributed by atoms with E-state index < -0.39 is 11.2 Å². The number of nitrogens with zero attached hydrogens (tertiary/aromatic N) is 2. The van der Waals surface area contributed by atoms with Gasteiger partial charge < -0.3 is 4.98 Å². The van der Waals surface area contributed by atoms with Crippen LogP contribution in [0.15, 0.2) is 40.2 Å². The average molecular weight is 281 g/mol. The Morgan fingerprint density at radius 3 is 2.86 bits per heavy atom. The molecule has 0 spiro atoms. The summed E-state index contributed by atoms with van der Waals surface area (Å²) in [6.45, 7) is 3.58. The Labute approximate surface area is 120 Å². The highest BCUT2D eigenvalue weighted by Crippen LogP contribution is 2.44. The van der Waals surface area contributed by atoms with Gasteiger partial charge in [-0.15, -0.1) is 0 Å². The molecule has 0 aliphatic carbocycles. The molecule has 1 aliphatic heterocycles. The van der Waals surface area contributed by atoms with Crippen molar-refractivity contribution >= 4 is 11.4 Å². The van der Waals surface area contributed by atoms with Gasteiger partial charge in [-0.2, -0.15) is 5.26 Å². The first-order valence-corrected chi connectivity index (χ1v) is 6.46. The fourth-order valence-electron chi connectivity index (χ4n) is 2.77. The number of nitrogens with one attached hydrogen (secondary N) is 1. The summed E-state index contributed by atoms with van der Waals surface area (Å²) in [7, 11) is 0. The van der Waals surface area contributed by atoms with Gasteiger partial charge in [0, 0.05) is 17.5 Å². The van der Waals surface area contributed by atoms with E-state index >= 15 is 0 Å². The second-order valence-corrected chi connectivity index (χ2v) is 5.20. The third kappa shape index (κ3) is 1.73. The van der Waals surface area contributed by atoms with Crippen LogP contribution in [0.4, 0.5) is 10.1 Å². The number of hydrogen-bond acceptors (Lipinski definition) is 3. The van der Waals surface area contributed by atoms with E-state index in [4.69, 9.17) is 5.26 Å². The van der Waals surface area contributed by atoms with E-state index in [-0.39, 0.29) is 11.2 Å². The molecule has 1 unspecified atom stereocenters. The fraction of sp³-hybridized carbons (Fsp3) is 0.188. The zero-order valence-electron chi connectivity index (χ0n) is 11.6. The van der Waals surface area contributed by atoms with Crippen LogP contribution >= 0.6 is 0 Å². The van der Waals surface area contributed by atoms with Gasteiger partial charge in [0.25, 0.3) is 5.56 Å². The molecule has 1 aliphatic rings. The van der Waals surface area contributed by atoms with E-state index in [0.29, 0.717) is 22.4 Å². The number of hydrogen-bond donors (Lipinski definition) is 1. The highest BCUT2D eigenvalue weighted by Gasteiger charge is 2.41. The number of halogens is 1. The van der Waals surface area contributed by atoms with Gasteiger partial charge in [0.15, 0.2) is 0 Å². The second kappa shape index (κ2) is 4.38. The molecule has 0 amide bonds. The molecule has 0 fully saturated rings. The van der Waals surface area contributed by atoms with Gasteiger partial charge in [0.2, 0.25) is 0 Å². The molecule has 0 saturated carbocycles. The van der Waals surface area contributed by atoms with E-state index in [1.165, 1.54) is 18.3 Å². The lowest BCUT2D eigenvalue weighted by molar-refractivity contribution is 0.627. The summed E-state index contributed by atoms with van der Waals surface area (Å²) in [4.78, 5) is 19.1. The summed E-state index contributed by atoms with van der Waals surface area (Å²) in [5.74, 6) is -0.413. The van der Waals surface area contributed by atoms with Crippen LogP contribution in [-0.4, -0.2) is 10.7 Å². The van der Waals surface area contributed by atoms with Gasteiger partial charge in [0.1, 0.15) is 17.6 Å². The van der Waals surface area contributed by atoms with Crippen LogP contribution in [0.1, 0.15) is 30.5 Å². The van der Waals surface area contributed by atoms with E-state index in [2.05, 4.69) is 9.98 Å². The molecule has 21 heavy (non-hydrogen) atoms. The van der Waals surface area contributed by atoms with Crippen LogP contribution in [0.25, 0.3) is 0 Å². The standard InChI is InChI=1S/C16H12FN3O/c1-9-16(2,11-4-3-5-13(17)14(11)20-9)12-6-10(7-18)8-19-15(12)21/h3-6,8H,1-2H3,(H,19,21). The number of aromatic nitrogens is 1. The number of rotatable bonds is 1. The molecule has 104 valence electrons. The number of H-pyrrole nitrogens is 1. The molecule has 0 saturated heterocycles. The summed E-state index contributed by atoms with van der Waals surface area (Å²) < 4.78 is 13.9. The van der Waals surface area contributed by atoms with Crippen LogP contribution in [0, 0.1) is 17.1 Å². The molecular formula is C16H12FN3O. The molecule has 2 heterocycles. The minimum atomic E-state index is -0.835. The van der Waals surface area contributed by atoms with E-state index in [1.54, 1.807) is 19.1 Å². The Balaban J connectivity index is 2.34. The number of aliphatic imine (C=N–C) groups is 1. The Morgan fingerprint density at radius 1 is 1.38 bits per heavy atom. The summed E-state index contributed by atoms with van der Waals surface area (Å²) in [6, 6.07) is 8.25. The van der Waals surface area contributed by atoms with Crippen molar-refractivity contribution in [3.63, 3.8) is 0 Å². The van der Waals surface area contributed by atoms with Crippen molar-refractivity contribution < 1.29 is 4.39 Å². The Bertz CT molecular complexity index is 876. The first kappa shape index (κ1) is 13.3. The van der Waals surface area contributed by atoms with Crippen molar-refractivity contribution in [3.8, 4) is 6.07 Å². The van der Waals surface area contributed by atoms with Crippen LogP contribution in [-0.2, 0) is 5.41 Å². The predicted octanol–water partition coefficient (Wildman–Crippen LogP) is 2.80. The Hall–Kier alpha value is -2.74. The lowest BCUT2D eigenvalue weighted by Gasteiger charge is -2.26. The first-order chi connectivity index (χ1) is 9.98. The minimum absolute atomic E-state index is 0.263. The molecule has 1 aromatic carbocycles. The van der Waals surface area contributed by atoms with Crippen molar-refractivity contribution in [3.05, 3.63) is 63.3 Å². The topological polar surface area (TPSA) is 69.0 Å². The molecule has 0 bridgehead atoms. The highest BCUT2D eigenvalue weighted by atomic mass is 19.1. The van der Waals surface area contributed by atoms with Gasteiger partial charge >= 0.3 is 0 Å². The number of benzene rings is 1. The molecule has 0 radical (unpaired) electrons. The zero-order valence-corrected chi connectivity index (χ0v) is 11.6. The van der Waals surface area contributed by atoms with Crippen molar-refractivity contribution in [1.29, 1.82) is 5.26 Å². The van der Waals surface area contributed by atoms with Crippen LogP contribution < -0.4 is 5.56 Å². The SMILES string of the molecule is CC1=Nc2c(F)cccc2C1(C)c1cc(C#N)c[nH]c1=O. The average Bonchev–Trinajstić information content (AvgIpc) is 2.74. The monoisotopic (exact) mass is 281 g/mol. The third-order valence-corrected chi connectivity index (χ3v) is 4.10. The van der Waals surface area contributed by atoms with Crippen LogP contribution in [0.3, 0.4) is 0 Å². The number of nitriles is 1. The Morgan fingerprint density at radius 2 is 2.14 bits per heavy atom. The molecule has 1 aromatic heterocycles. The number of aromatic amines is 1. The molecule has 4 nitrogen and oxygen atoms in total. The van der Waals surface area contributed by atoms with Gasteiger partial charge in [-0.05, 0) is 31.5 Å². The van der Waals surface area contributed by atoms with Crippen LogP contribution in [0.2, 0.25) is 0 Å². The molecule has 2 aromatic rings. The van der Waals surface area contributed by atoms with Gasteiger partial charge in [-0.3, -0.25) is 9.79 Å². The summed E-state index contributed by atoms with van der Waals surface area (Å²) >= 11 is 0. The van der Waals surface area contributed by atoms with Crippen LogP contribution in [0.5, 0.6) is 0 Å². The van der Waals surface area contributed by atoms with Crippen molar-refractivity contribution in [2.45, 2.75) is 19.3 Å². The maximum absolute atomic E-state index is 13.9. The molecule has 1 atom stereocenters. The largest absolute Gasteiger partial charge is 0.328 e. The first-order valence-electron chi connectivity index (χ1n) is 6.46. The maximum atomic E-state index is 13.9. The molecule has 5 heteroatoms. The van der Waals surface area contributed by atoms with E-state index in [0.717, 1.165) is 0 Å². The van der Waals surface area contributed by atoms with Gasteiger partial charge in [-0.25, -0.2) is 4.39 Å².